The van der Waals surface area contributed by atoms with E-state index in [1.54, 1.807) is 0 Å². The first-order valence-corrected chi connectivity index (χ1v) is 25.5. The van der Waals surface area contributed by atoms with Gasteiger partial charge in [0.25, 0.3) is 0 Å². The standard InChI is InChI=1S/C50H85N3OS/c1-3-23-43-37-41-25-17-13-9-5-7-11-15-21-34-51(45(39-43)31-29-41)36-33-49(53-47-27-19-20-28-48(47)55-50(53)54)52-35-22-16-12-8-6-10-14-18-26-42-30-32-46(52)40-44(38-42)24-4-2/h19-20,27-28,41-46,49H,3-18,21-26,29-40H2,1-2H3. The minimum Gasteiger partial charge on any atom is -0.300 e. The number of hydrogen-bond acceptors (Lipinski definition) is 4. The molecule has 312 valence electrons. The van der Waals surface area contributed by atoms with Gasteiger partial charge >= 0.3 is 4.87 Å². The van der Waals surface area contributed by atoms with Gasteiger partial charge in [-0.25, -0.2) is 0 Å². The Balaban J connectivity index is 1.32. The van der Waals surface area contributed by atoms with E-state index in [0.717, 1.165) is 43.2 Å². The Bertz CT molecular complexity index is 1380. The van der Waals surface area contributed by atoms with E-state index < -0.39 is 0 Å². The van der Waals surface area contributed by atoms with E-state index in [9.17, 15) is 4.79 Å². The fourth-order valence-corrected chi connectivity index (χ4v) is 13.2. The highest BCUT2D eigenvalue weighted by molar-refractivity contribution is 7.16. The quantitative estimate of drug-likeness (QED) is 0.254. The summed E-state index contributed by atoms with van der Waals surface area (Å²) in [4.78, 5) is 20.7. The second kappa shape index (κ2) is 24.0. The van der Waals surface area contributed by atoms with Crippen LogP contribution < -0.4 is 4.87 Å². The lowest BCUT2D eigenvalue weighted by Gasteiger charge is -2.41. The number of fused-ring (bicyclic) bond motifs is 7. The van der Waals surface area contributed by atoms with Gasteiger partial charge in [-0.2, -0.15) is 0 Å². The van der Waals surface area contributed by atoms with Crippen molar-refractivity contribution in [3.05, 3.63) is 33.9 Å². The Morgan fingerprint density at radius 1 is 0.600 bits per heavy atom. The zero-order chi connectivity index (χ0) is 38.1. The van der Waals surface area contributed by atoms with Gasteiger partial charge in [0.05, 0.1) is 16.4 Å². The number of thiazole rings is 1. The average Bonchev–Trinajstić information content (AvgIpc) is 3.29. The number of benzene rings is 1. The van der Waals surface area contributed by atoms with Crippen molar-refractivity contribution >= 4 is 21.6 Å². The molecule has 3 heterocycles. The van der Waals surface area contributed by atoms with Gasteiger partial charge in [-0.15, -0.1) is 0 Å². The van der Waals surface area contributed by atoms with Gasteiger partial charge in [-0.05, 0) is 113 Å². The van der Waals surface area contributed by atoms with Gasteiger partial charge < -0.3 is 4.90 Å². The van der Waals surface area contributed by atoms with E-state index in [1.165, 1.54) is 221 Å². The van der Waals surface area contributed by atoms with E-state index in [-0.39, 0.29) is 11.0 Å². The lowest BCUT2D eigenvalue weighted by atomic mass is 9.86. The first-order valence-electron chi connectivity index (χ1n) is 24.7. The van der Waals surface area contributed by atoms with Gasteiger partial charge in [0.2, 0.25) is 0 Å². The molecule has 1 aromatic carbocycles. The second-order valence-corrected chi connectivity index (χ2v) is 20.4. The van der Waals surface area contributed by atoms with Gasteiger partial charge in [0.1, 0.15) is 0 Å². The Morgan fingerprint density at radius 2 is 1.13 bits per heavy atom. The van der Waals surface area contributed by atoms with Crippen LogP contribution in [0.3, 0.4) is 0 Å². The molecule has 5 heteroatoms. The molecule has 7 unspecified atom stereocenters. The van der Waals surface area contributed by atoms with Crippen LogP contribution >= 0.6 is 11.3 Å². The minimum absolute atomic E-state index is 0.143. The van der Waals surface area contributed by atoms with Crippen LogP contribution in [0.5, 0.6) is 0 Å². The van der Waals surface area contributed by atoms with Crippen LogP contribution in [0.15, 0.2) is 29.1 Å². The molecule has 2 saturated heterocycles. The van der Waals surface area contributed by atoms with E-state index in [0.29, 0.717) is 12.1 Å². The van der Waals surface area contributed by atoms with Crippen LogP contribution in [-0.2, 0) is 0 Å². The topological polar surface area (TPSA) is 28.5 Å². The van der Waals surface area contributed by atoms with Crippen molar-refractivity contribution in [1.82, 2.24) is 14.4 Å². The summed E-state index contributed by atoms with van der Waals surface area (Å²) in [6.07, 6.45) is 43.3. The molecule has 1 aromatic heterocycles. The van der Waals surface area contributed by atoms with Crippen molar-refractivity contribution in [3.63, 3.8) is 0 Å². The van der Waals surface area contributed by atoms with E-state index in [2.05, 4.69) is 52.5 Å². The molecule has 4 aliphatic rings. The van der Waals surface area contributed by atoms with E-state index >= 15 is 0 Å². The molecule has 2 saturated carbocycles. The number of para-hydroxylation sites is 1. The monoisotopic (exact) mass is 776 g/mol. The first kappa shape index (κ1) is 43.4. The molecule has 2 aliphatic carbocycles. The number of hydrogen-bond donors (Lipinski definition) is 0. The normalized spacial score (nSPS) is 30.4. The van der Waals surface area contributed by atoms with E-state index in [4.69, 9.17) is 0 Å². The van der Waals surface area contributed by atoms with E-state index in [1.807, 2.05) is 0 Å². The SMILES string of the molecule is CCCC1CC2CCCCCCCCCCN(CCC(N3CCCCCCCCCCC4CCC3CC(CCC)C4)n3c(=O)sc4ccccc43)C(CC2)C1. The Hall–Kier alpha value is -1.17. The van der Waals surface area contributed by atoms with Gasteiger partial charge in [0.15, 0.2) is 0 Å². The zero-order valence-electron chi connectivity index (χ0n) is 36.1. The minimum atomic E-state index is 0.143. The summed E-state index contributed by atoms with van der Waals surface area (Å²) in [5.74, 6) is 3.55. The van der Waals surface area contributed by atoms with Crippen molar-refractivity contribution in [3.8, 4) is 0 Å². The summed E-state index contributed by atoms with van der Waals surface area (Å²) in [5, 5.41) is 0. The summed E-state index contributed by atoms with van der Waals surface area (Å²) in [5.41, 5.74) is 1.19. The molecule has 0 radical (unpaired) electrons. The lowest BCUT2D eigenvalue weighted by Crippen LogP contribution is -2.46. The number of aromatic nitrogens is 1. The Morgan fingerprint density at radius 3 is 1.75 bits per heavy atom. The maximum Gasteiger partial charge on any atom is 0.309 e. The number of nitrogens with zero attached hydrogens (tertiary/aromatic N) is 3. The van der Waals surface area contributed by atoms with Crippen molar-refractivity contribution in [2.75, 3.05) is 19.6 Å². The highest BCUT2D eigenvalue weighted by Gasteiger charge is 2.36. The lowest BCUT2D eigenvalue weighted by molar-refractivity contribution is 0.0469. The molecule has 4 nitrogen and oxygen atoms in total. The Kier molecular flexibility index (Phi) is 19.0. The van der Waals surface area contributed by atoms with Crippen molar-refractivity contribution < 1.29 is 0 Å². The predicted octanol–water partition coefficient (Wildman–Crippen LogP) is 14.6. The van der Waals surface area contributed by atoms with Crippen molar-refractivity contribution in [1.29, 1.82) is 0 Å². The molecule has 4 bridgehead atoms. The van der Waals surface area contributed by atoms with Crippen LogP contribution in [0.25, 0.3) is 10.2 Å². The second-order valence-electron chi connectivity index (χ2n) is 19.4. The summed E-state index contributed by atoms with van der Waals surface area (Å²) in [6, 6.07) is 10.1. The van der Waals surface area contributed by atoms with Crippen LogP contribution in [0, 0.1) is 23.7 Å². The van der Waals surface area contributed by atoms with Crippen LogP contribution in [-0.4, -0.2) is 46.1 Å². The third-order valence-electron chi connectivity index (χ3n) is 15.2. The number of rotatable bonds is 9. The van der Waals surface area contributed by atoms with Crippen LogP contribution in [0.2, 0.25) is 0 Å². The summed E-state index contributed by atoms with van der Waals surface area (Å²) in [6.45, 7) is 8.39. The van der Waals surface area contributed by atoms with Gasteiger partial charge in [-0.1, -0.05) is 166 Å². The Labute approximate surface area is 343 Å². The third kappa shape index (κ3) is 13.4. The molecule has 55 heavy (non-hydrogen) atoms. The molecule has 4 fully saturated rings. The molecule has 2 aliphatic heterocycles. The molecule has 2 aromatic rings. The maximum absolute atomic E-state index is 14.4. The average molecular weight is 776 g/mol. The fourth-order valence-electron chi connectivity index (χ4n) is 12.3. The highest BCUT2D eigenvalue weighted by Crippen LogP contribution is 2.40. The van der Waals surface area contributed by atoms with Crippen molar-refractivity contribution in [2.45, 2.75) is 231 Å². The summed E-state index contributed by atoms with van der Waals surface area (Å²) in [7, 11) is 0. The van der Waals surface area contributed by atoms with Crippen LogP contribution in [0.4, 0.5) is 0 Å². The molecule has 0 amide bonds. The molecule has 0 spiro atoms. The largest absolute Gasteiger partial charge is 0.309 e. The van der Waals surface area contributed by atoms with Gasteiger partial charge in [0, 0.05) is 25.2 Å². The fraction of sp³-hybridized carbons (Fsp3) is 0.860. The molecular formula is C50H85N3OS. The molecule has 6 rings (SSSR count). The maximum atomic E-state index is 14.4. The molecule has 7 atom stereocenters. The highest BCUT2D eigenvalue weighted by atomic mass is 32.1. The van der Waals surface area contributed by atoms with Crippen molar-refractivity contribution in [2.24, 2.45) is 23.7 Å². The first-order chi connectivity index (χ1) is 27.1. The smallest absolute Gasteiger partial charge is 0.300 e. The molecule has 0 N–H and O–H groups in total. The van der Waals surface area contributed by atoms with Gasteiger partial charge in [-0.3, -0.25) is 14.3 Å². The third-order valence-corrected chi connectivity index (χ3v) is 16.1. The summed E-state index contributed by atoms with van der Waals surface area (Å²) < 4.78 is 3.51. The summed E-state index contributed by atoms with van der Waals surface area (Å²) >= 11 is 1.50. The predicted molar refractivity (Wildman–Crippen MR) is 239 cm³/mol. The van der Waals surface area contributed by atoms with Crippen LogP contribution in [0.1, 0.15) is 219 Å². The molecular weight excluding hydrogens is 691 g/mol. The zero-order valence-corrected chi connectivity index (χ0v) is 36.9.